The SMILES string of the molecule is CN/C=C\C(=N)NC(=O)c1ccc2cc(C(=N)c3c(N)ncnc3NC(C)(C)C)[nH]c2c1. The average Bonchev–Trinajstić information content (AvgIpc) is 3.14. The zero-order valence-corrected chi connectivity index (χ0v) is 18.4. The van der Waals surface area contributed by atoms with Crippen molar-refractivity contribution in [1.29, 1.82) is 10.8 Å². The third-order valence-electron chi connectivity index (χ3n) is 4.44. The van der Waals surface area contributed by atoms with Gasteiger partial charge in [-0.3, -0.25) is 15.6 Å². The number of H-pyrrole nitrogens is 1. The lowest BCUT2D eigenvalue weighted by atomic mass is 10.1. The Kier molecular flexibility index (Phi) is 6.24. The third kappa shape index (κ3) is 5.09. The second-order valence-electron chi connectivity index (χ2n) is 8.21. The van der Waals surface area contributed by atoms with E-state index in [0.29, 0.717) is 28.2 Å². The molecule has 32 heavy (non-hydrogen) atoms. The normalized spacial score (nSPS) is 11.5. The van der Waals surface area contributed by atoms with E-state index in [9.17, 15) is 4.79 Å². The molecular formula is C22H27N9O. The molecule has 0 bridgehead atoms. The summed E-state index contributed by atoms with van der Waals surface area (Å²) in [6.45, 7) is 5.97. The second-order valence-corrected chi connectivity index (χ2v) is 8.21. The topological polar surface area (TPSA) is 168 Å². The number of carbonyl (C=O) groups excluding carboxylic acids is 1. The van der Waals surface area contributed by atoms with Crippen LogP contribution in [-0.2, 0) is 0 Å². The van der Waals surface area contributed by atoms with E-state index in [-0.39, 0.29) is 22.9 Å². The minimum atomic E-state index is -0.402. The summed E-state index contributed by atoms with van der Waals surface area (Å²) < 4.78 is 0. The first-order chi connectivity index (χ1) is 15.1. The number of amides is 1. The predicted octanol–water partition coefficient (Wildman–Crippen LogP) is 2.61. The fraction of sp³-hybridized carbons (Fsp3) is 0.227. The van der Waals surface area contributed by atoms with Gasteiger partial charge >= 0.3 is 0 Å². The number of anilines is 2. The predicted molar refractivity (Wildman–Crippen MR) is 127 cm³/mol. The number of nitrogens with zero attached hydrogens (tertiary/aromatic N) is 2. The molecule has 10 heteroatoms. The first-order valence-electron chi connectivity index (χ1n) is 9.93. The van der Waals surface area contributed by atoms with Gasteiger partial charge in [0, 0.05) is 29.1 Å². The highest BCUT2D eigenvalue weighted by Gasteiger charge is 2.21. The molecular weight excluding hydrogens is 406 g/mol. The van der Waals surface area contributed by atoms with E-state index in [0.717, 1.165) is 5.39 Å². The number of rotatable bonds is 6. The van der Waals surface area contributed by atoms with Gasteiger partial charge in [0.1, 0.15) is 23.8 Å². The molecule has 0 spiro atoms. The van der Waals surface area contributed by atoms with Gasteiger partial charge in [0.15, 0.2) is 0 Å². The van der Waals surface area contributed by atoms with Gasteiger partial charge in [0.05, 0.1) is 17.0 Å². The zero-order valence-electron chi connectivity index (χ0n) is 18.4. The van der Waals surface area contributed by atoms with Crippen molar-refractivity contribution in [2.75, 3.05) is 18.1 Å². The number of aromatic nitrogens is 3. The van der Waals surface area contributed by atoms with E-state index in [2.05, 4.69) is 30.9 Å². The van der Waals surface area contributed by atoms with Crippen LogP contribution in [0.1, 0.15) is 42.4 Å². The molecule has 166 valence electrons. The Morgan fingerprint density at radius 3 is 2.62 bits per heavy atom. The summed E-state index contributed by atoms with van der Waals surface area (Å²) in [5.74, 6) is 0.239. The number of amidine groups is 1. The third-order valence-corrected chi connectivity index (χ3v) is 4.44. The van der Waals surface area contributed by atoms with Gasteiger partial charge in [0.25, 0.3) is 5.91 Å². The van der Waals surface area contributed by atoms with Crippen LogP contribution in [0.15, 0.2) is 42.9 Å². The van der Waals surface area contributed by atoms with Crippen molar-refractivity contribution in [3.05, 3.63) is 59.7 Å². The molecule has 1 amide bonds. The summed E-state index contributed by atoms with van der Waals surface area (Å²) in [7, 11) is 1.71. The quantitative estimate of drug-likeness (QED) is 0.233. The summed E-state index contributed by atoms with van der Waals surface area (Å²) in [6, 6.07) is 6.93. The molecule has 3 rings (SSSR count). The van der Waals surface area contributed by atoms with Crippen molar-refractivity contribution in [3.8, 4) is 0 Å². The van der Waals surface area contributed by atoms with Gasteiger partial charge in [-0.2, -0.15) is 0 Å². The van der Waals surface area contributed by atoms with Gasteiger partial charge < -0.3 is 26.7 Å². The maximum atomic E-state index is 12.4. The van der Waals surface area contributed by atoms with Crippen molar-refractivity contribution in [2.45, 2.75) is 26.3 Å². The van der Waals surface area contributed by atoms with Crippen LogP contribution in [0.5, 0.6) is 0 Å². The van der Waals surface area contributed by atoms with Crippen LogP contribution in [0.25, 0.3) is 10.9 Å². The number of hydrogen-bond donors (Lipinski definition) is 7. The molecule has 1 aromatic carbocycles. The summed E-state index contributed by atoms with van der Waals surface area (Å²) in [5.41, 5.74) is 7.92. The van der Waals surface area contributed by atoms with E-state index in [4.69, 9.17) is 16.6 Å². The second kappa shape index (κ2) is 8.88. The molecule has 0 unspecified atom stereocenters. The molecule has 8 N–H and O–H groups in total. The highest BCUT2D eigenvalue weighted by molar-refractivity contribution is 6.17. The fourth-order valence-electron chi connectivity index (χ4n) is 3.04. The molecule has 0 saturated carbocycles. The Labute approximate surface area is 185 Å². The Morgan fingerprint density at radius 1 is 1.19 bits per heavy atom. The van der Waals surface area contributed by atoms with Crippen molar-refractivity contribution in [3.63, 3.8) is 0 Å². The van der Waals surface area contributed by atoms with Crippen LogP contribution in [0.3, 0.4) is 0 Å². The number of nitrogen functional groups attached to an aromatic ring is 1. The molecule has 2 aromatic heterocycles. The standard InChI is InChI=1S/C22H27N9O/c1-22(2,3)31-20-17(19(25)27-11-28-20)18(24)15-9-12-5-6-13(10-14(12)29-15)21(32)30-16(23)7-8-26-4/h5-11,24,26,29H,1-4H3,(H2,23,30,32)(H3,25,27,28,31)/b8-7-,24-18?. The Bertz CT molecular complexity index is 1220. The van der Waals surface area contributed by atoms with Crippen molar-refractivity contribution >= 4 is 40.0 Å². The van der Waals surface area contributed by atoms with E-state index in [1.54, 1.807) is 31.4 Å². The summed E-state index contributed by atoms with van der Waals surface area (Å²) >= 11 is 0. The van der Waals surface area contributed by atoms with Crippen LogP contribution in [0.2, 0.25) is 0 Å². The highest BCUT2D eigenvalue weighted by atomic mass is 16.1. The molecule has 3 aromatic rings. The van der Waals surface area contributed by atoms with E-state index < -0.39 is 5.91 Å². The number of aromatic amines is 1. The number of carbonyl (C=O) groups is 1. The molecule has 2 heterocycles. The maximum Gasteiger partial charge on any atom is 0.256 e. The monoisotopic (exact) mass is 433 g/mol. The molecule has 0 saturated heterocycles. The van der Waals surface area contributed by atoms with Gasteiger partial charge in [0.2, 0.25) is 0 Å². The minimum absolute atomic E-state index is 0.0307. The number of fused-ring (bicyclic) bond motifs is 1. The molecule has 0 atom stereocenters. The minimum Gasteiger partial charge on any atom is -0.394 e. The first-order valence-corrected chi connectivity index (χ1v) is 9.93. The van der Waals surface area contributed by atoms with E-state index in [1.165, 1.54) is 12.4 Å². The van der Waals surface area contributed by atoms with Gasteiger partial charge in [-0.25, -0.2) is 9.97 Å². The number of nitrogens with two attached hydrogens (primary N) is 1. The number of nitrogens with one attached hydrogen (secondary N) is 6. The molecule has 0 aliphatic carbocycles. The van der Waals surface area contributed by atoms with Gasteiger partial charge in [-0.05, 0) is 51.2 Å². The summed E-state index contributed by atoms with van der Waals surface area (Å²) in [5, 5.41) is 25.9. The number of hydrogen-bond acceptors (Lipinski definition) is 8. The van der Waals surface area contributed by atoms with Gasteiger partial charge in [-0.15, -0.1) is 0 Å². The van der Waals surface area contributed by atoms with Crippen LogP contribution in [-0.4, -0.2) is 45.0 Å². The number of benzene rings is 1. The largest absolute Gasteiger partial charge is 0.394 e. The Hall–Kier alpha value is -4.21. The lowest BCUT2D eigenvalue weighted by molar-refractivity contribution is 0.0977. The highest BCUT2D eigenvalue weighted by Crippen LogP contribution is 2.26. The molecule has 0 radical (unpaired) electrons. The van der Waals surface area contributed by atoms with Crippen molar-refractivity contribution < 1.29 is 4.79 Å². The van der Waals surface area contributed by atoms with E-state index in [1.807, 2.05) is 26.8 Å². The molecule has 0 aliphatic rings. The summed E-state index contributed by atoms with van der Waals surface area (Å²) in [4.78, 5) is 23.9. The van der Waals surface area contributed by atoms with Crippen molar-refractivity contribution in [2.24, 2.45) is 0 Å². The van der Waals surface area contributed by atoms with Crippen LogP contribution in [0.4, 0.5) is 11.6 Å². The Morgan fingerprint density at radius 2 is 1.94 bits per heavy atom. The van der Waals surface area contributed by atoms with Crippen molar-refractivity contribution in [1.82, 2.24) is 25.6 Å². The van der Waals surface area contributed by atoms with Crippen LogP contribution < -0.4 is 21.7 Å². The lowest BCUT2D eigenvalue weighted by Gasteiger charge is -2.23. The van der Waals surface area contributed by atoms with Crippen LogP contribution >= 0.6 is 0 Å². The summed E-state index contributed by atoms with van der Waals surface area (Å²) in [6.07, 6.45) is 4.36. The average molecular weight is 434 g/mol. The van der Waals surface area contributed by atoms with Gasteiger partial charge in [-0.1, -0.05) is 6.07 Å². The van der Waals surface area contributed by atoms with Crippen LogP contribution in [0, 0.1) is 10.8 Å². The first kappa shape index (κ1) is 22.5. The lowest BCUT2D eigenvalue weighted by Crippen LogP contribution is -2.28. The van der Waals surface area contributed by atoms with E-state index >= 15 is 0 Å². The fourth-order valence-corrected chi connectivity index (χ4v) is 3.04. The molecule has 0 fully saturated rings. The smallest absolute Gasteiger partial charge is 0.256 e. The zero-order chi connectivity index (χ0) is 23.5. The maximum absolute atomic E-state index is 12.4. The molecule has 10 nitrogen and oxygen atoms in total. The Balaban J connectivity index is 1.92. The molecule has 0 aliphatic heterocycles.